The summed E-state index contributed by atoms with van der Waals surface area (Å²) in [5.41, 5.74) is 2.11. The molecule has 0 saturated heterocycles. The normalized spacial score (nSPS) is 10.2. The number of carbonyl (C=O) groups excluding carboxylic acids is 2. The number of aromatic amines is 1. The molecule has 0 atom stereocenters. The number of nitrogens with one attached hydrogen (secondary N) is 2. The summed E-state index contributed by atoms with van der Waals surface area (Å²) in [6, 6.07) is 9.13. The molecular weight excluding hydrogens is 336 g/mol. The molecule has 0 bridgehead atoms. The minimum Gasteiger partial charge on any atom is -0.451 e. The molecule has 2 N–H and O–H groups in total. The Kier molecular flexibility index (Phi) is 5.16. The van der Waals surface area contributed by atoms with Crippen LogP contribution >= 0.6 is 15.9 Å². The maximum atomic E-state index is 11.7. The molecule has 0 aliphatic heterocycles. The highest BCUT2D eigenvalue weighted by Gasteiger charge is 2.12. The Morgan fingerprint density at radius 3 is 2.81 bits per heavy atom. The first-order chi connectivity index (χ1) is 10.1. The molecule has 0 radical (unpaired) electrons. The second-order valence-electron chi connectivity index (χ2n) is 4.41. The third-order valence-electron chi connectivity index (χ3n) is 2.82. The molecule has 2 aromatic rings. The third-order valence-corrected chi connectivity index (χ3v) is 3.28. The van der Waals surface area contributed by atoms with E-state index in [4.69, 9.17) is 4.74 Å². The van der Waals surface area contributed by atoms with Gasteiger partial charge in [-0.05, 0) is 46.1 Å². The summed E-state index contributed by atoms with van der Waals surface area (Å²) in [4.78, 5) is 26.1. The molecule has 0 fully saturated rings. The number of anilines is 1. The molecule has 2 rings (SSSR count). The molecule has 5 nitrogen and oxygen atoms in total. The lowest BCUT2D eigenvalue weighted by Gasteiger charge is -2.07. The zero-order valence-corrected chi connectivity index (χ0v) is 13.1. The summed E-state index contributed by atoms with van der Waals surface area (Å²) in [5.74, 6) is -0.944. The van der Waals surface area contributed by atoms with Crippen LogP contribution in [0.4, 0.5) is 5.69 Å². The maximum Gasteiger partial charge on any atom is 0.355 e. The third kappa shape index (κ3) is 4.46. The number of carbonyl (C=O) groups is 2. The minimum absolute atomic E-state index is 0.294. The SMILES string of the molecule is CCc1cccc(NC(=O)COC(=O)c2cc(Br)c[nH]2)c1. The highest BCUT2D eigenvalue weighted by Crippen LogP contribution is 2.12. The first-order valence-electron chi connectivity index (χ1n) is 6.48. The van der Waals surface area contributed by atoms with Gasteiger partial charge in [-0.3, -0.25) is 4.79 Å². The fraction of sp³-hybridized carbons (Fsp3) is 0.200. The van der Waals surface area contributed by atoms with Crippen molar-refractivity contribution in [1.82, 2.24) is 4.98 Å². The van der Waals surface area contributed by atoms with Crippen LogP contribution in [-0.2, 0) is 16.0 Å². The minimum atomic E-state index is -0.571. The molecule has 0 aliphatic carbocycles. The number of rotatable bonds is 5. The lowest BCUT2D eigenvalue weighted by Crippen LogP contribution is -2.21. The lowest BCUT2D eigenvalue weighted by molar-refractivity contribution is -0.119. The Bertz CT molecular complexity index is 652. The highest BCUT2D eigenvalue weighted by molar-refractivity contribution is 9.10. The zero-order chi connectivity index (χ0) is 15.2. The summed E-state index contributed by atoms with van der Waals surface area (Å²) in [7, 11) is 0. The first kappa shape index (κ1) is 15.3. The molecule has 1 aromatic carbocycles. The van der Waals surface area contributed by atoms with Gasteiger partial charge in [0.2, 0.25) is 0 Å². The molecule has 0 unspecified atom stereocenters. The lowest BCUT2D eigenvalue weighted by atomic mass is 10.1. The molecular formula is C15H15BrN2O3. The van der Waals surface area contributed by atoms with Crippen LogP contribution in [0.1, 0.15) is 23.0 Å². The van der Waals surface area contributed by atoms with Crippen LogP contribution in [0, 0.1) is 0 Å². The summed E-state index contributed by atoms with van der Waals surface area (Å²) in [6.45, 7) is 1.71. The predicted octanol–water partition coefficient (Wildman–Crippen LogP) is 3.14. The van der Waals surface area contributed by atoms with E-state index in [2.05, 4.69) is 26.2 Å². The summed E-state index contributed by atoms with van der Waals surface area (Å²) in [6.07, 6.45) is 2.51. The quantitative estimate of drug-likeness (QED) is 0.813. The fourth-order valence-electron chi connectivity index (χ4n) is 1.76. The van der Waals surface area contributed by atoms with Gasteiger partial charge < -0.3 is 15.0 Å². The van der Waals surface area contributed by atoms with Gasteiger partial charge in [0.25, 0.3) is 5.91 Å². The van der Waals surface area contributed by atoms with Gasteiger partial charge in [-0.15, -0.1) is 0 Å². The Labute approximate surface area is 130 Å². The first-order valence-corrected chi connectivity index (χ1v) is 7.27. The van der Waals surface area contributed by atoms with E-state index < -0.39 is 5.97 Å². The zero-order valence-electron chi connectivity index (χ0n) is 11.5. The van der Waals surface area contributed by atoms with E-state index in [9.17, 15) is 9.59 Å². The van der Waals surface area contributed by atoms with Gasteiger partial charge in [0.15, 0.2) is 6.61 Å². The number of aromatic nitrogens is 1. The maximum absolute atomic E-state index is 11.7. The van der Waals surface area contributed by atoms with Crippen LogP contribution in [0.15, 0.2) is 41.0 Å². The van der Waals surface area contributed by atoms with E-state index in [0.717, 1.165) is 16.5 Å². The van der Waals surface area contributed by atoms with Crippen molar-refractivity contribution in [3.63, 3.8) is 0 Å². The number of aryl methyl sites for hydroxylation is 1. The van der Waals surface area contributed by atoms with Crippen LogP contribution in [0.25, 0.3) is 0 Å². The number of esters is 1. The number of ether oxygens (including phenoxy) is 1. The van der Waals surface area contributed by atoms with E-state index in [1.54, 1.807) is 18.3 Å². The van der Waals surface area contributed by atoms with Gasteiger partial charge in [-0.1, -0.05) is 19.1 Å². The van der Waals surface area contributed by atoms with Crippen molar-refractivity contribution >= 4 is 33.5 Å². The molecule has 0 spiro atoms. The van der Waals surface area contributed by atoms with Crippen molar-refractivity contribution < 1.29 is 14.3 Å². The Morgan fingerprint density at radius 1 is 1.33 bits per heavy atom. The Hall–Kier alpha value is -2.08. The van der Waals surface area contributed by atoms with E-state index in [1.165, 1.54) is 0 Å². The van der Waals surface area contributed by atoms with Crippen molar-refractivity contribution in [1.29, 1.82) is 0 Å². The van der Waals surface area contributed by atoms with E-state index >= 15 is 0 Å². The number of hydrogen-bond acceptors (Lipinski definition) is 3. The number of hydrogen-bond donors (Lipinski definition) is 2. The molecule has 6 heteroatoms. The van der Waals surface area contributed by atoms with Crippen molar-refractivity contribution in [2.45, 2.75) is 13.3 Å². The van der Waals surface area contributed by atoms with E-state index in [1.807, 2.05) is 25.1 Å². The Morgan fingerprint density at radius 2 is 2.14 bits per heavy atom. The van der Waals surface area contributed by atoms with Crippen LogP contribution in [0.2, 0.25) is 0 Å². The fourth-order valence-corrected chi connectivity index (χ4v) is 2.10. The van der Waals surface area contributed by atoms with Crippen molar-refractivity contribution in [3.05, 3.63) is 52.3 Å². The average Bonchev–Trinajstić information content (AvgIpc) is 2.91. The molecule has 1 heterocycles. The molecule has 1 aromatic heterocycles. The number of amides is 1. The van der Waals surface area contributed by atoms with Crippen LogP contribution in [-0.4, -0.2) is 23.5 Å². The molecule has 0 aliphatic rings. The van der Waals surface area contributed by atoms with E-state index in [-0.39, 0.29) is 12.5 Å². The number of H-pyrrole nitrogens is 1. The van der Waals surface area contributed by atoms with Crippen molar-refractivity contribution in [2.24, 2.45) is 0 Å². The Balaban J connectivity index is 1.85. The monoisotopic (exact) mass is 350 g/mol. The van der Waals surface area contributed by atoms with E-state index in [0.29, 0.717) is 11.4 Å². The van der Waals surface area contributed by atoms with Gasteiger partial charge in [-0.2, -0.15) is 0 Å². The van der Waals surface area contributed by atoms with Gasteiger partial charge in [0, 0.05) is 16.4 Å². The predicted molar refractivity (Wildman–Crippen MR) is 83.2 cm³/mol. The topological polar surface area (TPSA) is 71.2 Å². The van der Waals surface area contributed by atoms with Crippen LogP contribution in [0.3, 0.4) is 0 Å². The molecule has 0 saturated carbocycles. The van der Waals surface area contributed by atoms with Gasteiger partial charge in [-0.25, -0.2) is 4.79 Å². The second kappa shape index (κ2) is 7.08. The van der Waals surface area contributed by atoms with Crippen molar-refractivity contribution in [2.75, 3.05) is 11.9 Å². The standard InChI is InChI=1S/C15H15BrN2O3/c1-2-10-4-3-5-12(6-10)18-14(19)9-21-15(20)13-7-11(16)8-17-13/h3-8,17H,2,9H2,1H3,(H,18,19). The molecule has 110 valence electrons. The number of benzene rings is 1. The smallest absolute Gasteiger partial charge is 0.355 e. The van der Waals surface area contributed by atoms with Gasteiger partial charge in [0.1, 0.15) is 5.69 Å². The largest absolute Gasteiger partial charge is 0.451 e. The van der Waals surface area contributed by atoms with Gasteiger partial charge in [0.05, 0.1) is 0 Å². The average molecular weight is 351 g/mol. The van der Waals surface area contributed by atoms with Crippen LogP contribution in [0.5, 0.6) is 0 Å². The molecule has 1 amide bonds. The number of halogens is 1. The summed E-state index contributed by atoms with van der Waals surface area (Å²) >= 11 is 3.22. The summed E-state index contributed by atoms with van der Waals surface area (Å²) < 4.78 is 5.67. The van der Waals surface area contributed by atoms with Crippen molar-refractivity contribution in [3.8, 4) is 0 Å². The van der Waals surface area contributed by atoms with Gasteiger partial charge >= 0.3 is 5.97 Å². The van der Waals surface area contributed by atoms with Crippen LogP contribution < -0.4 is 5.32 Å². The molecule has 21 heavy (non-hydrogen) atoms. The summed E-state index contributed by atoms with van der Waals surface area (Å²) in [5, 5.41) is 2.69. The second-order valence-corrected chi connectivity index (χ2v) is 5.33. The highest BCUT2D eigenvalue weighted by atomic mass is 79.9.